The largest absolute Gasteiger partial charge is 0.388 e. The number of aromatic nitrogens is 1. The van der Waals surface area contributed by atoms with Crippen LogP contribution in [0.4, 0.5) is 11.5 Å². The maximum atomic E-state index is 8.27. The summed E-state index contributed by atoms with van der Waals surface area (Å²) in [7, 11) is 1.83. The van der Waals surface area contributed by atoms with E-state index in [9.17, 15) is 0 Å². The zero-order chi connectivity index (χ0) is 21.4. The molecule has 0 fully saturated rings. The Bertz CT molecular complexity index is 782. The van der Waals surface area contributed by atoms with E-state index in [4.69, 9.17) is 16.6 Å². The van der Waals surface area contributed by atoms with Gasteiger partial charge < -0.3 is 32.1 Å². The van der Waals surface area contributed by atoms with E-state index in [-0.39, 0.29) is 6.04 Å². The molecule has 7 nitrogen and oxygen atoms in total. The number of nitrogens with zero attached hydrogens (tertiary/aromatic N) is 2. The third kappa shape index (κ3) is 5.90. The van der Waals surface area contributed by atoms with Gasteiger partial charge in [0, 0.05) is 68.0 Å². The summed E-state index contributed by atoms with van der Waals surface area (Å²) in [5, 5.41) is 22.8. The van der Waals surface area contributed by atoms with Crippen molar-refractivity contribution in [3.05, 3.63) is 41.2 Å². The molecule has 0 saturated heterocycles. The zero-order valence-electron chi connectivity index (χ0n) is 17.9. The third-order valence-corrected chi connectivity index (χ3v) is 5.29. The second kappa shape index (κ2) is 10.8. The van der Waals surface area contributed by atoms with Crippen molar-refractivity contribution in [1.82, 2.24) is 10.3 Å². The number of rotatable bonds is 11. The number of unbranched alkanes of at least 4 members (excludes halogenated alkanes) is 1. The van der Waals surface area contributed by atoms with Crippen LogP contribution in [0.3, 0.4) is 0 Å². The van der Waals surface area contributed by atoms with Crippen LogP contribution in [0, 0.1) is 17.7 Å². The fraction of sp³-hybridized carbons (Fsp3) is 0.500. The Morgan fingerprint density at radius 2 is 2.21 bits per heavy atom. The monoisotopic (exact) mass is 397 g/mol. The van der Waals surface area contributed by atoms with Crippen LogP contribution in [0.2, 0.25) is 0 Å². The van der Waals surface area contributed by atoms with Gasteiger partial charge in [0.1, 0.15) is 5.82 Å². The third-order valence-electron chi connectivity index (χ3n) is 5.29. The first-order valence-electron chi connectivity index (χ1n) is 10.3. The Labute approximate surface area is 174 Å². The van der Waals surface area contributed by atoms with Gasteiger partial charge in [0.15, 0.2) is 0 Å². The van der Waals surface area contributed by atoms with Crippen molar-refractivity contribution in [1.29, 1.82) is 10.8 Å². The maximum Gasteiger partial charge on any atom is 0.136 e. The molecule has 7 heteroatoms. The van der Waals surface area contributed by atoms with Gasteiger partial charge in [-0.3, -0.25) is 0 Å². The average Bonchev–Trinajstić information content (AvgIpc) is 2.72. The van der Waals surface area contributed by atoms with Gasteiger partial charge in [0.2, 0.25) is 0 Å². The molecule has 0 spiro atoms. The smallest absolute Gasteiger partial charge is 0.136 e. The Morgan fingerprint density at radius 1 is 1.45 bits per heavy atom. The van der Waals surface area contributed by atoms with Crippen LogP contribution in [-0.2, 0) is 0 Å². The highest BCUT2D eigenvalue weighted by Crippen LogP contribution is 2.29. The van der Waals surface area contributed by atoms with Crippen LogP contribution in [-0.4, -0.2) is 49.6 Å². The first-order valence-corrected chi connectivity index (χ1v) is 10.3. The van der Waals surface area contributed by atoms with Crippen LogP contribution in [0.25, 0.3) is 0 Å². The Hall–Kier alpha value is -2.67. The molecule has 1 aromatic rings. The second-order valence-electron chi connectivity index (χ2n) is 7.52. The number of hydrogen-bond donors (Lipinski definition) is 5. The van der Waals surface area contributed by atoms with E-state index in [1.807, 2.05) is 27.0 Å². The van der Waals surface area contributed by atoms with Crippen LogP contribution >= 0.6 is 0 Å². The number of anilines is 2. The summed E-state index contributed by atoms with van der Waals surface area (Å²) in [6.45, 7) is 9.92. The molecule has 0 amide bonds. The predicted octanol–water partition coefficient (Wildman–Crippen LogP) is 3.21. The molecule has 1 aliphatic heterocycles. The summed E-state index contributed by atoms with van der Waals surface area (Å²) in [5.74, 6) is 0.716. The quantitative estimate of drug-likeness (QED) is 0.223. The van der Waals surface area contributed by atoms with E-state index in [0.29, 0.717) is 18.1 Å². The Balaban J connectivity index is 2.12. The first kappa shape index (κ1) is 22.6. The van der Waals surface area contributed by atoms with Crippen molar-refractivity contribution in [2.45, 2.75) is 45.6 Å². The second-order valence-corrected chi connectivity index (χ2v) is 7.52. The van der Waals surface area contributed by atoms with Gasteiger partial charge in [-0.25, -0.2) is 4.98 Å². The molecule has 2 heterocycles. The molecule has 0 saturated carbocycles. The van der Waals surface area contributed by atoms with Crippen molar-refractivity contribution >= 4 is 23.4 Å². The van der Waals surface area contributed by atoms with Gasteiger partial charge in [-0.05, 0) is 39.2 Å². The van der Waals surface area contributed by atoms with E-state index in [1.165, 1.54) is 6.21 Å². The predicted molar refractivity (Wildman–Crippen MR) is 124 cm³/mol. The Kier molecular flexibility index (Phi) is 8.39. The molecule has 0 aliphatic carbocycles. The average molecular weight is 398 g/mol. The van der Waals surface area contributed by atoms with E-state index in [0.717, 1.165) is 67.0 Å². The SMILES string of the molecule is C=CC(N)CCCCNC1=C(C(C)=N)CN(c2cc(C)nc(NC)c2C=N)CC1. The van der Waals surface area contributed by atoms with Crippen molar-refractivity contribution in [2.75, 3.05) is 36.9 Å². The van der Waals surface area contributed by atoms with Crippen LogP contribution < -0.4 is 21.3 Å². The molecule has 0 radical (unpaired) electrons. The van der Waals surface area contributed by atoms with Crippen molar-refractivity contribution in [2.24, 2.45) is 5.73 Å². The van der Waals surface area contributed by atoms with Crippen LogP contribution in [0.15, 0.2) is 30.0 Å². The molecular formula is C22H35N7. The molecule has 1 atom stereocenters. The molecule has 29 heavy (non-hydrogen) atoms. The van der Waals surface area contributed by atoms with E-state index < -0.39 is 0 Å². The molecule has 1 unspecified atom stereocenters. The van der Waals surface area contributed by atoms with E-state index in [1.54, 1.807) is 6.08 Å². The molecule has 0 bridgehead atoms. The molecular weight excluding hydrogens is 362 g/mol. The van der Waals surface area contributed by atoms with Gasteiger partial charge in [-0.2, -0.15) is 0 Å². The van der Waals surface area contributed by atoms with E-state index in [2.05, 4.69) is 27.1 Å². The van der Waals surface area contributed by atoms with Crippen LogP contribution in [0.5, 0.6) is 0 Å². The lowest BCUT2D eigenvalue weighted by molar-refractivity contribution is 0.594. The van der Waals surface area contributed by atoms with Gasteiger partial charge >= 0.3 is 0 Å². The van der Waals surface area contributed by atoms with Crippen molar-refractivity contribution in [3.63, 3.8) is 0 Å². The van der Waals surface area contributed by atoms with Gasteiger partial charge in [-0.1, -0.05) is 6.08 Å². The molecule has 6 N–H and O–H groups in total. The summed E-state index contributed by atoms with van der Waals surface area (Å²) >= 11 is 0. The topological polar surface area (TPSA) is 114 Å². The van der Waals surface area contributed by atoms with Gasteiger partial charge in [0.05, 0.1) is 11.3 Å². The van der Waals surface area contributed by atoms with Crippen molar-refractivity contribution < 1.29 is 0 Å². The fourth-order valence-corrected chi connectivity index (χ4v) is 3.63. The lowest BCUT2D eigenvalue weighted by atomic mass is 10.00. The standard InChI is InChI=1S/C22H35N7/c1-5-17(25)8-6-7-10-27-20-9-11-29(14-19(20)16(3)24)21-12-15(2)28-22(26-4)18(21)13-23/h5,12-13,17,23-24,27H,1,6-11,14,25H2,2-4H3,(H,26,28). The summed E-state index contributed by atoms with van der Waals surface area (Å²) in [4.78, 5) is 6.74. The Morgan fingerprint density at radius 3 is 2.83 bits per heavy atom. The highest BCUT2D eigenvalue weighted by atomic mass is 15.2. The van der Waals surface area contributed by atoms with Crippen molar-refractivity contribution in [3.8, 4) is 0 Å². The minimum Gasteiger partial charge on any atom is -0.388 e. The minimum absolute atomic E-state index is 0.0752. The summed E-state index contributed by atoms with van der Waals surface area (Å²) in [6.07, 6.45) is 7.07. The molecule has 1 aromatic heterocycles. The zero-order valence-corrected chi connectivity index (χ0v) is 17.9. The molecule has 2 rings (SSSR count). The normalized spacial score (nSPS) is 15.1. The highest BCUT2D eigenvalue weighted by Gasteiger charge is 2.23. The molecule has 0 aromatic carbocycles. The molecule has 1 aliphatic rings. The summed E-state index contributed by atoms with van der Waals surface area (Å²) in [6, 6.07) is 2.10. The maximum absolute atomic E-state index is 8.27. The highest BCUT2D eigenvalue weighted by molar-refractivity contribution is 5.98. The summed E-state index contributed by atoms with van der Waals surface area (Å²) < 4.78 is 0. The van der Waals surface area contributed by atoms with Crippen LogP contribution in [0.1, 0.15) is 43.9 Å². The number of nitrogens with one attached hydrogen (secondary N) is 4. The lowest BCUT2D eigenvalue weighted by Crippen LogP contribution is -2.37. The number of nitrogens with two attached hydrogens (primary N) is 1. The molecule has 158 valence electrons. The number of hydrogen-bond acceptors (Lipinski definition) is 7. The summed E-state index contributed by atoms with van der Waals surface area (Å²) in [5.41, 5.74) is 11.4. The lowest BCUT2D eigenvalue weighted by Gasteiger charge is -2.34. The fourth-order valence-electron chi connectivity index (χ4n) is 3.63. The number of pyridine rings is 1. The van der Waals surface area contributed by atoms with Gasteiger partial charge in [0.25, 0.3) is 0 Å². The number of aryl methyl sites for hydroxylation is 1. The van der Waals surface area contributed by atoms with Gasteiger partial charge in [-0.15, -0.1) is 6.58 Å². The minimum atomic E-state index is 0.0752. The van der Waals surface area contributed by atoms with E-state index >= 15 is 0 Å². The first-order chi connectivity index (χ1) is 13.9.